The number of hydrogen-bond donors (Lipinski definition) is 0. The van der Waals surface area contributed by atoms with Crippen LogP contribution in [-0.2, 0) is 0 Å². The van der Waals surface area contributed by atoms with E-state index < -0.39 is 17.7 Å². The Labute approximate surface area is 205 Å². The van der Waals surface area contributed by atoms with Gasteiger partial charge in [0.25, 0.3) is 0 Å². The molecule has 1 heterocycles. The van der Waals surface area contributed by atoms with E-state index in [9.17, 15) is 0 Å². The first-order valence-electron chi connectivity index (χ1n) is 10.6. The first-order chi connectivity index (χ1) is 16.1. The molecule has 0 aliphatic heterocycles. The average Bonchev–Trinajstić information content (AvgIpc) is 3.26. The van der Waals surface area contributed by atoms with Crippen LogP contribution in [0.4, 0.5) is 5.13 Å². The number of halogens is 1. The van der Waals surface area contributed by atoms with Gasteiger partial charge in [-0.15, -0.1) is 0 Å². The summed E-state index contributed by atoms with van der Waals surface area (Å²) in [7, 11) is 7.41. The summed E-state index contributed by atoms with van der Waals surface area (Å²) in [5.41, 5.74) is 3.06. The van der Waals surface area contributed by atoms with Crippen molar-refractivity contribution < 1.29 is 3.07 Å². The fraction of sp³-hybridized carbons (Fsp3) is 0.0370. The van der Waals surface area contributed by atoms with Crippen LogP contribution in [0.5, 0.6) is 5.75 Å². The molecule has 3 nitrogen and oxygen atoms in total. The Morgan fingerprint density at radius 2 is 1.48 bits per heavy atom. The SMILES string of the molecule is Cc1ccc2nc(N=Cc3ccccc3[O][Sn]([Cl])([c]3ccccc3)[c]3ccccc3)sc2c1. The minimum atomic E-state index is -3.96. The third kappa shape index (κ3) is 4.83. The molecule has 0 atom stereocenters. The van der Waals surface area contributed by atoms with Gasteiger partial charge < -0.3 is 0 Å². The van der Waals surface area contributed by atoms with E-state index in [-0.39, 0.29) is 0 Å². The van der Waals surface area contributed by atoms with Crippen LogP contribution in [-0.4, -0.2) is 28.9 Å². The molecule has 0 fully saturated rings. The second-order valence-corrected chi connectivity index (χ2v) is 19.5. The summed E-state index contributed by atoms with van der Waals surface area (Å²) in [5.74, 6) is 0.733. The molecule has 5 aromatic rings. The maximum atomic E-state index is 7.41. The van der Waals surface area contributed by atoms with Crippen LogP contribution in [0.2, 0.25) is 0 Å². The first-order valence-corrected chi connectivity index (χ1v) is 19.1. The Kier molecular flexibility index (Phi) is 6.49. The second-order valence-electron chi connectivity index (χ2n) is 7.69. The molecule has 0 bridgehead atoms. The first kappa shape index (κ1) is 22.1. The summed E-state index contributed by atoms with van der Waals surface area (Å²) in [4.78, 5) is 9.30. The zero-order chi connectivity index (χ0) is 22.7. The van der Waals surface area contributed by atoms with Gasteiger partial charge >= 0.3 is 207 Å². The molecule has 0 radical (unpaired) electrons. The molecular formula is C27H21ClN2OSSn. The summed E-state index contributed by atoms with van der Waals surface area (Å²) in [6, 6.07) is 34.4. The molecule has 33 heavy (non-hydrogen) atoms. The molecule has 0 saturated heterocycles. The zero-order valence-corrected chi connectivity index (χ0v) is 22.4. The molecule has 6 heteroatoms. The number of rotatable bonds is 6. The van der Waals surface area contributed by atoms with Gasteiger partial charge in [-0.3, -0.25) is 0 Å². The molecule has 0 N–H and O–H groups in total. The van der Waals surface area contributed by atoms with Gasteiger partial charge in [0, 0.05) is 0 Å². The van der Waals surface area contributed by atoms with E-state index in [1.807, 2.05) is 72.9 Å². The van der Waals surface area contributed by atoms with E-state index in [0.29, 0.717) is 0 Å². The predicted molar refractivity (Wildman–Crippen MR) is 142 cm³/mol. The van der Waals surface area contributed by atoms with E-state index >= 15 is 0 Å². The Balaban J connectivity index is 1.51. The van der Waals surface area contributed by atoms with Gasteiger partial charge in [0.1, 0.15) is 0 Å². The third-order valence-electron chi connectivity index (χ3n) is 5.31. The zero-order valence-electron chi connectivity index (χ0n) is 18.0. The van der Waals surface area contributed by atoms with Gasteiger partial charge in [-0.25, -0.2) is 0 Å². The Hall–Kier alpha value is -2.67. The topological polar surface area (TPSA) is 34.5 Å². The van der Waals surface area contributed by atoms with Crippen molar-refractivity contribution in [3.8, 4) is 5.75 Å². The molecule has 4 aromatic carbocycles. The van der Waals surface area contributed by atoms with Crippen molar-refractivity contribution in [1.29, 1.82) is 0 Å². The van der Waals surface area contributed by atoms with Gasteiger partial charge in [-0.05, 0) is 0 Å². The predicted octanol–water partition coefficient (Wildman–Crippen LogP) is 6.23. The second kappa shape index (κ2) is 9.67. The maximum absolute atomic E-state index is 7.41. The molecular weight excluding hydrogens is 555 g/mol. The quantitative estimate of drug-likeness (QED) is 0.178. The summed E-state index contributed by atoms with van der Waals surface area (Å²) >= 11 is -2.38. The number of hydrogen-bond acceptors (Lipinski definition) is 4. The van der Waals surface area contributed by atoms with Crippen molar-refractivity contribution in [3.63, 3.8) is 0 Å². The standard InChI is InChI=1S/C15H12N2OS.2C6H5.ClH.Sn/c1-10-6-7-12-14(8-10)19-15(17-12)16-9-11-4-2-3-5-13(11)18;2*1-2-4-6-5-3-1;;/h2-9,18H,1H3;2*1-5H;1H;/q;;;;+2/p-2. The monoisotopic (exact) mass is 576 g/mol. The van der Waals surface area contributed by atoms with E-state index in [0.717, 1.165) is 33.8 Å². The molecule has 0 amide bonds. The molecule has 1 aromatic heterocycles. The molecule has 162 valence electrons. The molecule has 0 aliphatic rings. The minimum absolute atomic E-state index is 0.720. The number of thiazole rings is 1. The number of fused-ring (bicyclic) bond motifs is 1. The third-order valence-corrected chi connectivity index (χ3v) is 17.2. The van der Waals surface area contributed by atoms with Crippen LogP contribution in [0, 0.1) is 6.92 Å². The summed E-state index contributed by atoms with van der Waals surface area (Å²) < 4.78 is 10.00. The van der Waals surface area contributed by atoms with Crippen LogP contribution in [0.3, 0.4) is 0 Å². The van der Waals surface area contributed by atoms with Crippen LogP contribution < -0.4 is 10.2 Å². The molecule has 0 unspecified atom stereocenters. The Morgan fingerprint density at radius 3 is 2.18 bits per heavy atom. The van der Waals surface area contributed by atoms with Gasteiger partial charge in [0.2, 0.25) is 0 Å². The van der Waals surface area contributed by atoms with Gasteiger partial charge in [0.15, 0.2) is 0 Å². The fourth-order valence-electron chi connectivity index (χ4n) is 3.62. The van der Waals surface area contributed by atoms with Crippen LogP contribution in [0.15, 0.2) is 108 Å². The van der Waals surface area contributed by atoms with Crippen molar-refractivity contribution >= 4 is 66.6 Å². The number of aryl methyl sites for hydroxylation is 1. The number of aromatic nitrogens is 1. The molecule has 0 aliphatic carbocycles. The Bertz CT molecular complexity index is 1380. The molecule has 5 rings (SSSR count). The summed E-state index contributed by atoms with van der Waals surface area (Å²) in [5, 5.41) is 0.720. The number of para-hydroxylation sites is 1. The fourth-order valence-corrected chi connectivity index (χ4v) is 13.3. The number of nitrogens with zero attached hydrogens (tertiary/aromatic N) is 2. The van der Waals surface area contributed by atoms with Gasteiger partial charge in [-0.2, -0.15) is 0 Å². The van der Waals surface area contributed by atoms with Gasteiger partial charge in [0.05, 0.1) is 0 Å². The van der Waals surface area contributed by atoms with E-state index in [1.165, 1.54) is 5.56 Å². The van der Waals surface area contributed by atoms with Crippen molar-refractivity contribution in [3.05, 3.63) is 114 Å². The van der Waals surface area contributed by atoms with E-state index in [4.69, 9.17) is 12.0 Å². The van der Waals surface area contributed by atoms with Crippen molar-refractivity contribution in [1.82, 2.24) is 4.98 Å². The number of aliphatic imine (C=N–C) groups is 1. The van der Waals surface area contributed by atoms with Crippen molar-refractivity contribution in [2.24, 2.45) is 4.99 Å². The average molecular weight is 576 g/mol. The Morgan fingerprint density at radius 1 is 0.848 bits per heavy atom. The molecule has 0 saturated carbocycles. The van der Waals surface area contributed by atoms with Crippen LogP contribution in [0.1, 0.15) is 11.1 Å². The van der Waals surface area contributed by atoms with Crippen molar-refractivity contribution in [2.75, 3.05) is 0 Å². The summed E-state index contributed by atoms with van der Waals surface area (Å²) in [6.07, 6.45) is 1.82. The van der Waals surface area contributed by atoms with Crippen molar-refractivity contribution in [2.45, 2.75) is 6.92 Å². The van der Waals surface area contributed by atoms with E-state index in [2.05, 4.69) is 53.3 Å². The van der Waals surface area contributed by atoms with Crippen LogP contribution in [0.25, 0.3) is 10.2 Å². The van der Waals surface area contributed by atoms with Crippen LogP contribution >= 0.6 is 20.3 Å². The van der Waals surface area contributed by atoms with Gasteiger partial charge in [-0.1, -0.05) is 0 Å². The molecule has 0 spiro atoms. The van der Waals surface area contributed by atoms with E-state index in [1.54, 1.807) is 11.3 Å². The summed E-state index contributed by atoms with van der Waals surface area (Å²) in [6.45, 7) is 2.08. The normalized spacial score (nSPS) is 11.8. The number of benzene rings is 4.